The predicted molar refractivity (Wildman–Crippen MR) is 139 cm³/mol. The molecule has 2 aromatic rings. The molecule has 2 N–H and O–H groups in total. The van der Waals surface area contributed by atoms with Gasteiger partial charge in [0, 0.05) is 49.5 Å². The van der Waals surface area contributed by atoms with Crippen LogP contribution in [-0.2, 0) is 4.79 Å². The fourth-order valence-corrected chi connectivity index (χ4v) is 4.34. The largest absolute Gasteiger partial charge is 0.496 e. The van der Waals surface area contributed by atoms with E-state index in [1.54, 1.807) is 25.3 Å². The van der Waals surface area contributed by atoms with Crippen molar-refractivity contribution in [2.24, 2.45) is 5.92 Å². The normalized spacial score (nSPS) is 13.6. The number of carbonyl (C=O) groups excluding carboxylic acids is 2. The summed E-state index contributed by atoms with van der Waals surface area (Å²) in [5.74, 6) is 0.958. The van der Waals surface area contributed by atoms with Gasteiger partial charge in [0.15, 0.2) is 5.11 Å². The van der Waals surface area contributed by atoms with E-state index in [4.69, 9.17) is 17.0 Å². The average molecular weight is 533 g/mol. The molecule has 0 unspecified atom stereocenters. The van der Waals surface area contributed by atoms with E-state index in [-0.39, 0.29) is 16.9 Å². The monoisotopic (exact) mass is 532 g/mol. The van der Waals surface area contributed by atoms with Crippen LogP contribution in [0.5, 0.6) is 5.75 Å². The van der Waals surface area contributed by atoms with Gasteiger partial charge in [0.2, 0.25) is 5.91 Å². The number of hydrogen-bond donors (Lipinski definition) is 2. The molecule has 7 nitrogen and oxygen atoms in total. The maximum Gasteiger partial charge on any atom is 0.257 e. The quantitative estimate of drug-likeness (QED) is 0.541. The number of nitrogens with one attached hydrogen (secondary N) is 2. The first-order valence-electron chi connectivity index (χ1n) is 10.9. The Kier molecular flexibility index (Phi) is 8.68. The number of methoxy groups -OCH3 is 1. The maximum atomic E-state index is 12.5. The van der Waals surface area contributed by atoms with E-state index >= 15 is 0 Å². The summed E-state index contributed by atoms with van der Waals surface area (Å²) in [6.07, 6.45) is 0.604. The van der Waals surface area contributed by atoms with Crippen molar-refractivity contribution in [3.8, 4) is 5.75 Å². The summed E-state index contributed by atoms with van der Waals surface area (Å²) in [5.41, 5.74) is 2.34. The Balaban J connectivity index is 1.50. The minimum absolute atomic E-state index is 0.219. The van der Waals surface area contributed by atoms with Crippen LogP contribution in [0.2, 0.25) is 0 Å². The minimum atomic E-state index is -0.308. The maximum absolute atomic E-state index is 12.5. The molecule has 0 spiro atoms. The van der Waals surface area contributed by atoms with Crippen molar-refractivity contribution in [3.63, 3.8) is 0 Å². The van der Waals surface area contributed by atoms with Crippen LogP contribution >= 0.6 is 28.1 Å². The van der Waals surface area contributed by atoms with Crippen LogP contribution in [0.4, 0.5) is 11.4 Å². The molecule has 2 aromatic carbocycles. The summed E-state index contributed by atoms with van der Waals surface area (Å²) in [6.45, 7) is 7.23. The molecule has 1 aliphatic heterocycles. The van der Waals surface area contributed by atoms with E-state index in [9.17, 15) is 9.59 Å². The first-order chi connectivity index (χ1) is 15.8. The molecule has 1 heterocycles. The second-order valence-electron chi connectivity index (χ2n) is 8.27. The molecule has 176 valence electrons. The van der Waals surface area contributed by atoms with Gasteiger partial charge in [-0.05, 0) is 76.5 Å². The molecule has 1 aliphatic rings. The van der Waals surface area contributed by atoms with Crippen molar-refractivity contribution >= 4 is 56.4 Å². The lowest BCUT2D eigenvalue weighted by molar-refractivity contribution is -0.132. The first kappa shape index (κ1) is 25.0. The Morgan fingerprint density at radius 1 is 1.09 bits per heavy atom. The van der Waals surface area contributed by atoms with E-state index in [0.717, 1.165) is 37.6 Å². The highest BCUT2D eigenvalue weighted by molar-refractivity contribution is 9.10. The van der Waals surface area contributed by atoms with E-state index in [1.807, 2.05) is 29.2 Å². The van der Waals surface area contributed by atoms with Gasteiger partial charge in [0.25, 0.3) is 5.91 Å². The van der Waals surface area contributed by atoms with Crippen LogP contribution in [0.3, 0.4) is 0 Å². The topological polar surface area (TPSA) is 73.9 Å². The van der Waals surface area contributed by atoms with Crippen LogP contribution < -0.4 is 20.3 Å². The number of carbonyl (C=O) groups is 2. The Labute approximate surface area is 208 Å². The highest BCUT2D eigenvalue weighted by atomic mass is 79.9. The van der Waals surface area contributed by atoms with Crippen molar-refractivity contribution in [1.82, 2.24) is 10.2 Å². The molecular formula is C24H29BrN4O3S. The van der Waals surface area contributed by atoms with Crippen molar-refractivity contribution in [1.29, 1.82) is 0 Å². The number of thiocarbonyl (C=S) groups is 1. The number of halogens is 1. The molecular weight excluding hydrogens is 504 g/mol. The van der Waals surface area contributed by atoms with Crippen molar-refractivity contribution in [3.05, 3.63) is 52.5 Å². The van der Waals surface area contributed by atoms with Crippen LogP contribution in [0.1, 0.15) is 30.6 Å². The second kappa shape index (κ2) is 11.5. The highest BCUT2D eigenvalue weighted by Gasteiger charge is 2.21. The fourth-order valence-electron chi connectivity index (χ4n) is 3.59. The lowest BCUT2D eigenvalue weighted by atomic mass is 10.1. The van der Waals surface area contributed by atoms with Gasteiger partial charge in [-0.1, -0.05) is 13.8 Å². The summed E-state index contributed by atoms with van der Waals surface area (Å²) >= 11 is 8.67. The second-order valence-corrected chi connectivity index (χ2v) is 9.53. The van der Waals surface area contributed by atoms with E-state index < -0.39 is 0 Å². The van der Waals surface area contributed by atoms with Gasteiger partial charge in [-0.25, -0.2) is 0 Å². The Morgan fingerprint density at radius 2 is 1.76 bits per heavy atom. The third kappa shape index (κ3) is 6.91. The lowest BCUT2D eigenvalue weighted by Crippen LogP contribution is -2.49. The fraction of sp³-hybridized carbons (Fsp3) is 0.375. The SMILES string of the molecule is COc1ccc(C(=O)NC(=S)Nc2ccc(N3CCN(C(=O)CC(C)C)CC3)cc2)cc1Br. The number of hydrogen-bond acceptors (Lipinski definition) is 5. The summed E-state index contributed by atoms with van der Waals surface area (Å²) < 4.78 is 5.88. The van der Waals surface area contributed by atoms with Crippen LogP contribution in [0.15, 0.2) is 46.9 Å². The molecule has 33 heavy (non-hydrogen) atoms. The van der Waals surface area contributed by atoms with Crippen molar-refractivity contribution in [2.45, 2.75) is 20.3 Å². The molecule has 0 saturated carbocycles. The number of amides is 2. The van der Waals surface area contributed by atoms with E-state index in [1.165, 1.54) is 0 Å². The molecule has 2 amide bonds. The molecule has 0 radical (unpaired) electrons. The number of benzene rings is 2. The van der Waals surface area contributed by atoms with Crippen LogP contribution in [0.25, 0.3) is 0 Å². The third-order valence-corrected chi connectivity index (χ3v) is 6.17. The Hall–Kier alpha value is -2.65. The van der Waals surface area contributed by atoms with E-state index in [0.29, 0.717) is 28.1 Å². The number of anilines is 2. The summed E-state index contributed by atoms with van der Waals surface area (Å²) in [6, 6.07) is 12.9. The summed E-state index contributed by atoms with van der Waals surface area (Å²) in [4.78, 5) is 28.9. The van der Waals surface area contributed by atoms with Crippen LogP contribution in [-0.4, -0.2) is 55.1 Å². The minimum Gasteiger partial charge on any atom is -0.496 e. The number of rotatable bonds is 6. The molecule has 0 atom stereocenters. The Bertz CT molecular complexity index is 1010. The summed E-state index contributed by atoms with van der Waals surface area (Å²) in [7, 11) is 1.57. The zero-order chi connectivity index (χ0) is 24.0. The van der Waals surface area contributed by atoms with Gasteiger partial charge in [-0.3, -0.25) is 14.9 Å². The number of nitrogens with zero attached hydrogens (tertiary/aromatic N) is 2. The van der Waals surface area contributed by atoms with Crippen molar-refractivity contribution < 1.29 is 14.3 Å². The average Bonchev–Trinajstić information content (AvgIpc) is 2.79. The van der Waals surface area contributed by atoms with E-state index in [2.05, 4.69) is 45.3 Å². The lowest BCUT2D eigenvalue weighted by Gasteiger charge is -2.36. The third-order valence-electron chi connectivity index (χ3n) is 5.35. The van der Waals surface area contributed by atoms with Gasteiger partial charge in [-0.15, -0.1) is 0 Å². The molecule has 0 aromatic heterocycles. The molecule has 1 saturated heterocycles. The first-order valence-corrected chi connectivity index (χ1v) is 12.1. The van der Waals surface area contributed by atoms with Gasteiger partial charge >= 0.3 is 0 Å². The highest BCUT2D eigenvalue weighted by Crippen LogP contribution is 2.25. The van der Waals surface area contributed by atoms with Gasteiger partial charge in [0.05, 0.1) is 11.6 Å². The molecule has 0 bridgehead atoms. The van der Waals surface area contributed by atoms with Gasteiger partial charge in [-0.2, -0.15) is 0 Å². The smallest absolute Gasteiger partial charge is 0.257 e. The number of ether oxygens (including phenoxy) is 1. The zero-order valence-electron chi connectivity index (χ0n) is 19.1. The molecule has 1 fully saturated rings. The summed E-state index contributed by atoms with van der Waals surface area (Å²) in [5, 5.41) is 5.95. The predicted octanol–water partition coefficient (Wildman–Crippen LogP) is 4.28. The van der Waals surface area contributed by atoms with Crippen molar-refractivity contribution in [2.75, 3.05) is 43.5 Å². The van der Waals surface area contributed by atoms with Gasteiger partial charge in [0.1, 0.15) is 5.75 Å². The molecule has 0 aliphatic carbocycles. The molecule has 9 heteroatoms. The number of piperazine rings is 1. The van der Waals surface area contributed by atoms with Crippen LogP contribution in [0, 0.1) is 5.92 Å². The Morgan fingerprint density at radius 3 is 2.33 bits per heavy atom. The zero-order valence-corrected chi connectivity index (χ0v) is 21.5. The van der Waals surface area contributed by atoms with Gasteiger partial charge < -0.3 is 19.9 Å². The standard InChI is InChI=1S/C24H29BrN4O3S/c1-16(2)14-22(30)29-12-10-28(11-13-29)19-7-5-18(6-8-19)26-24(33)27-23(31)17-4-9-21(32-3)20(25)15-17/h4-9,15-16H,10-14H2,1-3H3,(H2,26,27,31,33). The molecule has 3 rings (SSSR count).